The fraction of sp³-hybridized carbons (Fsp3) is 0.129. The van der Waals surface area contributed by atoms with Gasteiger partial charge in [0.15, 0.2) is 0 Å². The highest BCUT2D eigenvalue weighted by atomic mass is 15.1. The summed E-state index contributed by atoms with van der Waals surface area (Å²) in [4.78, 5) is 4.61. The molecule has 8 aromatic carbocycles. The fourth-order valence-corrected chi connectivity index (χ4v) is 7.75. The highest BCUT2D eigenvalue weighted by Gasteiger charge is 2.15. The van der Waals surface area contributed by atoms with Crippen LogP contribution in [0.3, 0.4) is 0 Å². The van der Waals surface area contributed by atoms with E-state index in [-0.39, 0.29) is 10.8 Å². The van der Waals surface area contributed by atoms with Crippen LogP contribution >= 0.6 is 0 Å². The molecule has 0 spiro atoms. The number of anilines is 6. The third-order valence-corrected chi connectivity index (χ3v) is 11.6. The van der Waals surface area contributed by atoms with Crippen molar-refractivity contribution in [3.8, 4) is 0 Å². The molecule has 0 fully saturated rings. The quantitative estimate of drug-likeness (QED) is 0.113. The molecular formula is C62H58N2. The summed E-state index contributed by atoms with van der Waals surface area (Å²) in [5.41, 5.74) is 16.6. The number of para-hydroxylation sites is 2. The van der Waals surface area contributed by atoms with Crippen molar-refractivity contribution < 1.29 is 0 Å². The van der Waals surface area contributed by atoms with Crippen molar-refractivity contribution in [3.63, 3.8) is 0 Å². The molecule has 0 aliphatic heterocycles. The second-order valence-corrected chi connectivity index (χ2v) is 18.5. The van der Waals surface area contributed by atoms with Gasteiger partial charge in [0.1, 0.15) is 0 Å². The first-order valence-corrected chi connectivity index (χ1v) is 22.3. The van der Waals surface area contributed by atoms with Gasteiger partial charge >= 0.3 is 0 Å². The number of hydrogen-bond acceptors (Lipinski definition) is 2. The average Bonchev–Trinajstić information content (AvgIpc) is 3.32. The molecule has 0 unspecified atom stereocenters. The van der Waals surface area contributed by atoms with Crippen LogP contribution in [0, 0.1) is 0 Å². The lowest BCUT2D eigenvalue weighted by molar-refractivity contribution is 0.590. The maximum Gasteiger partial charge on any atom is 0.0462 e. The Morgan fingerprint density at radius 2 is 0.422 bits per heavy atom. The van der Waals surface area contributed by atoms with Gasteiger partial charge in [-0.3, -0.25) is 0 Å². The maximum absolute atomic E-state index is 2.31. The van der Waals surface area contributed by atoms with E-state index in [2.05, 4.69) is 294 Å². The van der Waals surface area contributed by atoms with Crippen molar-refractivity contribution >= 4 is 70.6 Å². The van der Waals surface area contributed by atoms with E-state index in [1.807, 2.05) is 0 Å². The molecule has 0 saturated heterocycles. The topological polar surface area (TPSA) is 6.48 Å². The SMILES string of the molecule is CC(C)(C)c1ccc(/C=C/c2ccc(N(c3ccccc3)c3ccc(/C=C/c4ccc(N(c5ccccc5)c5ccc(/C=C/c6ccc(C(C)(C)C)cc6)cc5)cc4)cc3)cc2)cc1. The Hall–Kier alpha value is -7.42. The number of benzene rings is 8. The maximum atomic E-state index is 2.31. The summed E-state index contributed by atoms with van der Waals surface area (Å²) >= 11 is 0. The van der Waals surface area contributed by atoms with E-state index >= 15 is 0 Å². The highest BCUT2D eigenvalue weighted by Crippen LogP contribution is 2.37. The van der Waals surface area contributed by atoms with Gasteiger partial charge in [0.2, 0.25) is 0 Å². The lowest BCUT2D eigenvalue weighted by atomic mass is 9.87. The van der Waals surface area contributed by atoms with Crippen molar-refractivity contribution in [2.75, 3.05) is 9.80 Å². The van der Waals surface area contributed by atoms with Crippen LogP contribution in [0.4, 0.5) is 34.1 Å². The molecule has 2 heteroatoms. The molecule has 0 saturated carbocycles. The Bertz CT molecular complexity index is 2600. The van der Waals surface area contributed by atoms with Crippen LogP contribution in [-0.4, -0.2) is 0 Å². The highest BCUT2D eigenvalue weighted by molar-refractivity contribution is 5.81. The molecule has 64 heavy (non-hydrogen) atoms. The number of nitrogens with zero attached hydrogens (tertiary/aromatic N) is 2. The lowest BCUT2D eigenvalue weighted by Crippen LogP contribution is -2.10. The molecular weight excluding hydrogens is 773 g/mol. The molecule has 0 N–H and O–H groups in total. The van der Waals surface area contributed by atoms with Crippen LogP contribution < -0.4 is 9.80 Å². The van der Waals surface area contributed by atoms with Gasteiger partial charge in [0.05, 0.1) is 0 Å². The van der Waals surface area contributed by atoms with Crippen molar-refractivity contribution in [1.82, 2.24) is 0 Å². The lowest BCUT2D eigenvalue weighted by Gasteiger charge is -2.25. The standard InChI is InChI=1S/C62H58N2/c1-61(2,3)53-35-23-47(24-36-53)17-19-49-27-39-57(40-28-49)63(55-13-9-7-10-14-55)59-43-31-51(32-44-59)21-22-52-33-45-60(46-34-52)64(56-15-11-8-12-16-56)58-41-29-50(30-42-58)20-18-48-25-37-54(38-26-48)62(4,5)6/h7-46H,1-6H3/b19-17+,20-18+,22-21+. The Balaban J connectivity index is 0.956. The molecule has 0 bridgehead atoms. The normalized spacial score (nSPS) is 12.0. The van der Waals surface area contributed by atoms with Crippen LogP contribution in [0.25, 0.3) is 36.5 Å². The zero-order valence-corrected chi connectivity index (χ0v) is 38.0. The fourth-order valence-electron chi connectivity index (χ4n) is 7.75. The molecule has 0 aromatic heterocycles. The zero-order chi connectivity index (χ0) is 44.5. The first-order chi connectivity index (χ1) is 31.0. The molecule has 0 aliphatic rings. The van der Waals surface area contributed by atoms with Gasteiger partial charge < -0.3 is 9.80 Å². The van der Waals surface area contributed by atoms with Crippen molar-refractivity contribution in [3.05, 3.63) is 251 Å². The monoisotopic (exact) mass is 830 g/mol. The van der Waals surface area contributed by atoms with E-state index in [4.69, 9.17) is 0 Å². The molecule has 2 nitrogen and oxygen atoms in total. The van der Waals surface area contributed by atoms with Crippen molar-refractivity contribution in [2.45, 2.75) is 52.4 Å². The molecule has 0 radical (unpaired) electrons. The van der Waals surface area contributed by atoms with Gasteiger partial charge in [-0.15, -0.1) is 0 Å². The first kappa shape index (κ1) is 43.2. The molecule has 0 aliphatic carbocycles. The van der Waals surface area contributed by atoms with Crippen LogP contribution in [0.15, 0.2) is 206 Å². The van der Waals surface area contributed by atoms with Gasteiger partial charge in [-0.2, -0.15) is 0 Å². The summed E-state index contributed by atoms with van der Waals surface area (Å²) < 4.78 is 0. The second kappa shape index (κ2) is 19.3. The van der Waals surface area contributed by atoms with Gasteiger partial charge in [-0.1, -0.05) is 211 Å². The van der Waals surface area contributed by atoms with Crippen molar-refractivity contribution in [2.24, 2.45) is 0 Å². The van der Waals surface area contributed by atoms with Crippen LogP contribution in [0.1, 0.15) is 86.1 Å². The first-order valence-electron chi connectivity index (χ1n) is 22.3. The van der Waals surface area contributed by atoms with Crippen molar-refractivity contribution in [1.29, 1.82) is 0 Å². The summed E-state index contributed by atoms with van der Waals surface area (Å²) in [7, 11) is 0. The third kappa shape index (κ3) is 11.0. The molecule has 0 amide bonds. The van der Waals surface area contributed by atoms with E-state index in [0.29, 0.717) is 0 Å². The van der Waals surface area contributed by atoms with E-state index in [9.17, 15) is 0 Å². The summed E-state index contributed by atoms with van der Waals surface area (Å²) in [6, 6.07) is 74.0. The molecule has 0 atom stereocenters. The van der Waals surface area contributed by atoms with E-state index in [0.717, 1.165) is 56.4 Å². The predicted octanol–water partition coefficient (Wildman–Crippen LogP) is 17.7. The van der Waals surface area contributed by atoms with Gasteiger partial charge in [-0.05, 0) is 128 Å². The van der Waals surface area contributed by atoms with Crippen LogP contribution in [-0.2, 0) is 10.8 Å². The Labute approximate surface area is 381 Å². The Kier molecular flexibility index (Phi) is 13.1. The van der Waals surface area contributed by atoms with Crippen LogP contribution in [0.5, 0.6) is 0 Å². The smallest absolute Gasteiger partial charge is 0.0462 e. The Morgan fingerprint density at radius 3 is 0.625 bits per heavy atom. The second-order valence-electron chi connectivity index (χ2n) is 18.5. The summed E-state index contributed by atoms with van der Waals surface area (Å²) in [5, 5.41) is 0. The van der Waals surface area contributed by atoms with Gasteiger partial charge in [-0.25, -0.2) is 0 Å². The molecule has 8 aromatic rings. The minimum absolute atomic E-state index is 0.148. The minimum Gasteiger partial charge on any atom is -0.311 e. The van der Waals surface area contributed by atoms with Crippen LogP contribution in [0.2, 0.25) is 0 Å². The third-order valence-electron chi connectivity index (χ3n) is 11.6. The summed E-state index contributed by atoms with van der Waals surface area (Å²) in [6.45, 7) is 13.5. The largest absolute Gasteiger partial charge is 0.311 e. The molecule has 0 heterocycles. The van der Waals surface area contributed by atoms with E-state index < -0.39 is 0 Å². The number of rotatable bonds is 12. The number of hydrogen-bond donors (Lipinski definition) is 0. The zero-order valence-electron chi connectivity index (χ0n) is 38.0. The Morgan fingerprint density at radius 1 is 0.234 bits per heavy atom. The van der Waals surface area contributed by atoms with Gasteiger partial charge in [0, 0.05) is 34.1 Å². The predicted molar refractivity (Wildman–Crippen MR) is 279 cm³/mol. The van der Waals surface area contributed by atoms with Gasteiger partial charge in [0.25, 0.3) is 0 Å². The summed E-state index contributed by atoms with van der Waals surface area (Å²) in [5.74, 6) is 0. The van der Waals surface area contributed by atoms with E-state index in [1.165, 1.54) is 22.3 Å². The molecule has 8 rings (SSSR count). The van der Waals surface area contributed by atoms with E-state index in [1.54, 1.807) is 0 Å². The summed E-state index contributed by atoms with van der Waals surface area (Å²) in [6.07, 6.45) is 13.1. The average molecular weight is 831 g/mol. The molecule has 316 valence electrons. The minimum atomic E-state index is 0.148.